The SMILES string of the molecule is COc1ccc(-c2cc(-c3nnc4sc(COc5ccc(Br)cc5)nn34)[nH]n2)cc1. The van der Waals surface area contributed by atoms with Crippen LogP contribution in [0.2, 0.25) is 0 Å². The molecule has 3 heterocycles. The molecule has 0 atom stereocenters. The van der Waals surface area contributed by atoms with E-state index in [1.54, 1.807) is 11.6 Å². The van der Waals surface area contributed by atoms with Gasteiger partial charge in [-0.1, -0.05) is 27.3 Å². The quantitative estimate of drug-likeness (QED) is 0.380. The zero-order valence-electron chi connectivity index (χ0n) is 15.7. The minimum atomic E-state index is 0.356. The number of nitrogens with zero attached hydrogens (tertiary/aromatic N) is 5. The molecule has 0 aliphatic heterocycles. The van der Waals surface area contributed by atoms with Gasteiger partial charge in [0.25, 0.3) is 0 Å². The van der Waals surface area contributed by atoms with Gasteiger partial charge in [0.15, 0.2) is 5.01 Å². The fourth-order valence-electron chi connectivity index (χ4n) is 2.90. The van der Waals surface area contributed by atoms with Crippen LogP contribution < -0.4 is 9.47 Å². The fourth-order valence-corrected chi connectivity index (χ4v) is 3.92. The summed E-state index contributed by atoms with van der Waals surface area (Å²) >= 11 is 4.85. The van der Waals surface area contributed by atoms with Gasteiger partial charge in [0.2, 0.25) is 10.8 Å². The Morgan fingerprint density at radius 3 is 2.57 bits per heavy atom. The number of hydrogen-bond acceptors (Lipinski definition) is 7. The summed E-state index contributed by atoms with van der Waals surface area (Å²) in [5.74, 6) is 2.18. The Labute approximate surface area is 183 Å². The van der Waals surface area contributed by atoms with Crippen LogP contribution in [0.15, 0.2) is 59.1 Å². The highest BCUT2D eigenvalue weighted by atomic mass is 79.9. The molecule has 0 aliphatic rings. The molecule has 0 saturated heterocycles. The van der Waals surface area contributed by atoms with Gasteiger partial charge in [-0.15, -0.1) is 10.2 Å². The van der Waals surface area contributed by atoms with Crippen LogP contribution in [0, 0.1) is 0 Å². The van der Waals surface area contributed by atoms with Crippen molar-refractivity contribution in [3.05, 3.63) is 64.1 Å². The number of rotatable bonds is 6. The average molecular weight is 483 g/mol. The van der Waals surface area contributed by atoms with Crippen LogP contribution in [0.4, 0.5) is 0 Å². The highest BCUT2D eigenvalue weighted by molar-refractivity contribution is 9.10. The molecule has 0 unspecified atom stereocenters. The summed E-state index contributed by atoms with van der Waals surface area (Å²) < 4.78 is 13.7. The van der Waals surface area contributed by atoms with Crippen molar-refractivity contribution in [1.82, 2.24) is 30.0 Å². The molecule has 1 N–H and O–H groups in total. The lowest BCUT2D eigenvalue weighted by molar-refractivity contribution is 0.304. The third-order valence-electron chi connectivity index (χ3n) is 4.41. The lowest BCUT2D eigenvalue weighted by Gasteiger charge is -2.03. The Bertz CT molecular complexity index is 1290. The minimum Gasteiger partial charge on any atom is -0.497 e. The van der Waals surface area contributed by atoms with Crippen LogP contribution in [0.5, 0.6) is 11.5 Å². The second-order valence-electron chi connectivity index (χ2n) is 6.35. The normalized spacial score (nSPS) is 11.1. The van der Waals surface area contributed by atoms with Gasteiger partial charge in [0, 0.05) is 10.0 Å². The maximum absolute atomic E-state index is 5.81. The van der Waals surface area contributed by atoms with Gasteiger partial charge in [-0.25, -0.2) is 0 Å². The van der Waals surface area contributed by atoms with Crippen LogP contribution in [-0.4, -0.2) is 37.1 Å². The molecule has 0 radical (unpaired) electrons. The molecule has 150 valence electrons. The monoisotopic (exact) mass is 482 g/mol. The number of aromatic nitrogens is 6. The first-order chi connectivity index (χ1) is 14.7. The molecule has 10 heteroatoms. The van der Waals surface area contributed by atoms with Gasteiger partial charge in [0.05, 0.1) is 12.8 Å². The van der Waals surface area contributed by atoms with Gasteiger partial charge in [-0.2, -0.15) is 14.7 Å². The predicted molar refractivity (Wildman–Crippen MR) is 117 cm³/mol. The number of benzene rings is 2. The van der Waals surface area contributed by atoms with Crippen molar-refractivity contribution in [3.63, 3.8) is 0 Å². The van der Waals surface area contributed by atoms with Gasteiger partial charge in [0.1, 0.15) is 23.8 Å². The van der Waals surface area contributed by atoms with Crippen molar-refractivity contribution in [1.29, 1.82) is 0 Å². The molecule has 0 spiro atoms. The van der Waals surface area contributed by atoms with Gasteiger partial charge in [-0.3, -0.25) is 5.10 Å². The lowest BCUT2D eigenvalue weighted by atomic mass is 10.1. The largest absolute Gasteiger partial charge is 0.497 e. The van der Waals surface area contributed by atoms with E-state index in [-0.39, 0.29) is 0 Å². The third kappa shape index (κ3) is 3.66. The number of nitrogens with one attached hydrogen (secondary N) is 1. The molecule has 3 aromatic heterocycles. The van der Waals surface area contributed by atoms with Crippen molar-refractivity contribution in [2.45, 2.75) is 6.61 Å². The number of aromatic amines is 1. The Hall–Kier alpha value is -3.24. The van der Waals surface area contributed by atoms with Crippen molar-refractivity contribution < 1.29 is 9.47 Å². The highest BCUT2D eigenvalue weighted by Crippen LogP contribution is 2.26. The molecule has 5 aromatic rings. The predicted octanol–water partition coefficient (Wildman–Crippen LogP) is 4.59. The average Bonchev–Trinajstić information content (AvgIpc) is 3.49. The molecule has 30 heavy (non-hydrogen) atoms. The molecule has 5 rings (SSSR count). The zero-order chi connectivity index (χ0) is 20.5. The summed E-state index contributed by atoms with van der Waals surface area (Å²) in [6.07, 6.45) is 0. The molecule has 2 aromatic carbocycles. The van der Waals surface area contributed by atoms with E-state index in [0.717, 1.165) is 37.9 Å². The summed E-state index contributed by atoms with van der Waals surface area (Å²) in [4.78, 5) is 0.694. The van der Waals surface area contributed by atoms with Crippen molar-refractivity contribution in [2.75, 3.05) is 7.11 Å². The van der Waals surface area contributed by atoms with Gasteiger partial charge >= 0.3 is 0 Å². The molecule has 0 amide bonds. The lowest BCUT2D eigenvalue weighted by Crippen LogP contribution is -1.97. The number of H-pyrrole nitrogens is 1. The topological polar surface area (TPSA) is 90.2 Å². The van der Waals surface area contributed by atoms with E-state index in [1.165, 1.54) is 11.3 Å². The first-order valence-corrected chi connectivity index (χ1v) is 10.6. The van der Waals surface area contributed by atoms with Crippen LogP contribution in [0.3, 0.4) is 0 Å². The van der Waals surface area contributed by atoms with E-state index in [4.69, 9.17) is 9.47 Å². The van der Waals surface area contributed by atoms with Crippen molar-refractivity contribution >= 4 is 32.2 Å². The number of ether oxygens (including phenoxy) is 2. The Morgan fingerprint density at radius 2 is 1.80 bits per heavy atom. The Morgan fingerprint density at radius 1 is 1.03 bits per heavy atom. The molecule has 0 fully saturated rings. The van der Waals surface area contributed by atoms with Crippen LogP contribution >= 0.6 is 27.3 Å². The summed E-state index contributed by atoms with van der Waals surface area (Å²) in [6, 6.07) is 17.3. The van der Waals surface area contributed by atoms with E-state index in [0.29, 0.717) is 17.4 Å². The van der Waals surface area contributed by atoms with Crippen molar-refractivity contribution in [3.8, 4) is 34.3 Å². The second-order valence-corrected chi connectivity index (χ2v) is 8.31. The van der Waals surface area contributed by atoms with Gasteiger partial charge < -0.3 is 9.47 Å². The smallest absolute Gasteiger partial charge is 0.235 e. The molecule has 8 nitrogen and oxygen atoms in total. The Balaban J connectivity index is 1.37. The fraction of sp³-hybridized carbons (Fsp3) is 0.100. The first-order valence-electron chi connectivity index (χ1n) is 8.99. The Kier molecular flexibility index (Phi) is 4.93. The number of fused-ring (bicyclic) bond motifs is 1. The summed E-state index contributed by atoms with van der Waals surface area (Å²) in [6.45, 7) is 0.356. The summed E-state index contributed by atoms with van der Waals surface area (Å²) in [5.41, 5.74) is 2.51. The molecule has 0 saturated carbocycles. The van der Waals surface area contributed by atoms with Crippen LogP contribution in [0.25, 0.3) is 27.7 Å². The number of hydrogen-bond donors (Lipinski definition) is 1. The zero-order valence-corrected chi connectivity index (χ0v) is 18.1. The van der Waals surface area contributed by atoms with E-state index in [2.05, 4.69) is 41.4 Å². The molecular weight excluding hydrogens is 468 g/mol. The third-order valence-corrected chi connectivity index (χ3v) is 5.81. The molecule has 0 aliphatic carbocycles. The summed E-state index contributed by atoms with van der Waals surface area (Å²) in [5, 5.41) is 21.3. The van der Waals surface area contributed by atoms with E-state index in [1.807, 2.05) is 54.6 Å². The number of halogens is 1. The summed E-state index contributed by atoms with van der Waals surface area (Å²) in [7, 11) is 1.64. The van der Waals surface area contributed by atoms with E-state index in [9.17, 15) is 0 Å². The molecule has 0 bridgehead atoms. The minimum absolute atomic E-state index is 0.356. The maximum Gasteiger partial charge on any atom is 0.235 e. The second kappa shape index (κ2) is 7.88. The van der Waals surface area contributed by atoms with Gasteiger partial charge in [-0.05, 0) is 54.6 Å². The van der Waals surface area contributed by atoms with Crippen molar-refractivity contribution in [2.24, 2.45) is 0 Å². The maximum atomic E-state index is 5.81. The van der Waals surface area contributed by atoms with Crippen LogP contribution in [0.1, 0.15) is 5.01 Å². The van der Waals surface area contributed by atoms with E-state index >= 15 is 0 Å². The molecular formula is C20H15BrN6O2S. The first kappa shape index (κ1) is 18.8. The number of methoxy groups -OCH3 is 1. The van der Waals surface area contributed by atoms with E-state index < -0.39 is 0 Å². The van der Waals surface area contributed by atoms with Crippen LogP contribution in [-0.2, 0) is 6.61 Å². The standard InChI is InChI=1S/C20H15BrN6O2S/c1-28-14-6-2-12(3-7-14)16-10-17(23-22-16)19-24-25-20-27(19)26-18(30-20)11-29-15-8-4-13(21)5-9-15/h2-10H,11H2,1H3,(H,22,23). The highest BCUT2D eigenvalue weighted by Gasteiger charge is 2.16.